The van der Waals surface area contributed by atoms with Gasteiger partial charge in [0.25, 0.3) is 0 Å². The van der Waals surface area contributed by atoms with E-state index in [1.54, 1.807) is 30.3 Å². The van der Waals surface area contributed by atoms with Gasteiger partial charge in [-0.25, -0.2) is 9.97 Å². The summed E-state index contributed by atoms with van der Waals surface area (Å²) in [7, 11) is 1.56. The summed E-state index contributed by atoms with van der Waals surface area (Å²) in [5, 5.41) is 7.28. The Labute approximate surface area is 156 Å². The number of anilines is 1. The summed E-state index contributed by atoms with van der Waals surface area (Å²) in [6.07, 6.45) is 4.87. The van der Waals surface area contributed by atoms with Crippen LogP contribution in [-0.4, -0.2) is 44.3 Å². The number of carbonyl (C=O) groups excluding carboxylic acids is 1. The van der Waals surface area contributed by atoms with Crippen LogP contribution in [0.4, 0.5) is 5.82 Å². The number of aromatic nitrogens is 5. The second-order valence-electron chi connectivity index (χ2n) is 6.12. The maximum absolute atomic E-state index is 12.8. The molecule has 0 fully saturated rings. The minimum atomic E-state index is -0.464. The minimum Gasteiger partial charge on any atom is -0.481 e. The van der Waals surface area contributed by atoms with Crippen molar-refractivity contribution in [2.45, 2.75) is 19.1 Å². The van der Waals surface area contributed by atoms with Gasteiger partial charge in [0.15, 0.2) is 0 Å². The van der Waals surface area contributed by atoms with Crippen LogP contribution in [0.25, 0.3) is 0 Å². The summed E-state index contributed by atoms with van der Waals surface area (Å²) >= 11 is 0. The maximum Gasteiger partial charge on any atom is 0.247 e. The van der Waals surface area contributed by atoms with E-state index in [0.717, 1.165) is 11.4 Å². The molecule has 9 nitrogen and oxygen atoms in total. The molecule has 0 unspecified atom stereocenters. The largest absolute Gasteiger partial charge is 0.481 e. The summed E-state index contributed by atoms with van der Waals surface area (Å²) in [6.45, 7) is 1.42. The van der Waals surface area contributed by atoms with Gasteiger partial charge in [-0.2, -0.15) is 5.10 Å². The summed E-state index contributed by atoms with van der Waals surface area (Å²) < 4.78 is 6.95. The predicted molar refractivity (Wildman–Crippen MR) is 97.0 cm³/mol. The van der Waals surface area contributed by atoms with Crippen LogP contribution in [0.15, 0.2) is 49.1 Å². The average molecular weight is 365 g/mol. The summed E-state index contributed by atoms with van der Waals surface area (Å²) in [6, 6.07) is 8.81. The number of nitrogens with one attached hydrogen (secondary N) is 1. The molecular weight excluding hydrogens is 346 g/mol. The Hall–Kier alpha value is -3.49. The van der Waals surface area contributed by atoms with E-state index in [-0.39, 0.29) is 5.91 Å². The number of pyridine rings is 1. The molecule has 27 heavy (non-hydrogen) atoms. The lowest BCUT2D eigenvalue weighted by atomic mass is 10.1. The Morgan fingerprint density at radius 1 is 1.26 bits per heavy atom. The van der Waals surface area contributed by atoms with Gasteiger partial charge in [-0.3, -0.25) is 14.5 Å². The quantitative estimate of drug-likeness (QED) is 0.719. The Morgan fingerprint density at radius 3 is 3.00 bits per heavy atom. The summed E-state index contributed by atoms with van der Waals surface area (Å²) in [4.78, 5) is 27.5. The van der Waals surface area contributed by atoms with E-state index in [1.807, 2.05) is 29.2 Å². The fourth-order valence-corrected chi connectivity index (χ4v) is 3.07. The highest BCUT2D eigenvalue weighted by Crippen LogP contribution is 2.26. The van der Waals surface area contributed by atoms with E-state index >= 15 is 0 Å². The average Bonchev–Trinajstić information content (AvgIpc) is 3.21. The van der Waals surface area contributed by atoms with Crippen molar-refractivity contribution in [1.29, 1.82) is 0 Å². The molecule has 1 atom stereocenters. The fourth-order valence-electron chi connectivity index (χ4n) is 3.07. The van der Waals surface area contributed by atoms with Gasteiger partial charge in [0.1, 0.15) is 18.2 Å². The van der Waals surface area contributed by atoms with E-state index in [9.17, 15) is 4.79 Å². The topological polar surface area (TPSA) is 98.1 Å². The summed E-state index contributed by atoms with van der Waals surface area (Å²) in [5.74, 6) is 1.07. The molecule has 0 bridgehead atoms. The van der Waals surface area contributed by atoms with Gasteiger partial charge >= 0.3 is 0 Å². The molecular formula is C18H19N7O2. The van der Waals surface area contributed by atoms with Crippen molar-refractivity contribution in [3.05, 3.63) is 60.4 Å². The molecule has 1 N–H and O–H groups in total. The highest BCUT2D eigenvalue weighted by atomic mass is 16.5. The molecule has 4 rings (SSSR count). The van der Waals surface area contributed by atoms with Crippen LogP contribution in [0.2, 0.25) is 0 Å². The van der Waals surface area contributed by atoms with Crippen molar-refractivity contribution >= 4 is 11.7 Å². The molecule has 4 heterocycles. The van der Waals surface area contributed by atoms with Crippen molar-refractivity contribution in [3.8, 4) is 5.88 Å². The molecule has 0 radical (unpaired) electrons. The molecule has 1 amide bonds. The minimum absolute atomic E-state index is 0.115. The van der Waals surface area contributed by atoms with Crippen LogP contribution < -0.4 is 15.0 Å². The molecule has 0 saturated carbocycles. The number of hydrogen-bond donors (Lipinski definition) is 1. The SMILES string of the molecule is COc1cc(N2Cc3ccnn3[C@H](C(=O)NCc3ccccn3)C2)ncn1. The first-order chi connectivity index (χ1) is 13.2. The number of hydrogen-bond acceptors (Lipinski definition) is 7. The molecule has 1 aliphatic heterocycles. The van der Waals surface area contributed by atoms with E-state index in [2.05, 4.69) is 25.4 Å². The lowest BCUT2D eigenvalue weighted by Crippen LogP contribution is -2.45. The van der Waals surface area contributed by atoms with Gasteiger partial charge in [0, 0.05) is 18.5 Å². The molecule has 3 aromatic heterocycles. The van der Waals surface area contributed by atoms with Gasteiger partial charge < -0.3 is 15.0 Å². The summed E-state index contributed by atoms with van der Waals surface area (Å²) in [5.41, 5.74) is 1.75. The highest BCUT2D eigenvalue weighted by Gasteiger charge is 2.31. The Bertz CT molecular complexity index is 928. The Morgan fingerprint density at radius 2 is 2.19 bits per heavy atom. The van der Waals surface area contributed by atoms with Crippen molar-refractivity contribution in [2.24, 2.45) is 0 Å². The molecule has 1 aliphatic rings. The number of fused-ring (bicyclic) bond motifs is 1. The standard InChI is InChI=1S/C18H19N7O2/c1-27-17-8-16(21-12-22-17)24-10-14-5-7-23-25(14)15(11-24)18(26)20-9-13-4-2-3-6-19-13/h2-8,12,15H,9-11H2,1H3,(H,20,26)/t15-/m0/s1. The molecule has 0 aliphatic carbocycles. The molecule has 0 spiro atoms. The molecule has 0 aromatic carbocycles. The fraction of sp³-hybridized carbons (Fsp3) is 0.278. The van der Waals surface area contributed by atoms with E-state index in [0.29, 0.717) is 31.3 Å². The van der Waals surface area contributed by atoms with Gasteiger partial charge in [-0.05, 0) is 18.2 Å². The van der Waals surface area contributed by atoms with Crippen LogP contribution in [0.3, 0.4) is 0 Å². The van der Waals surface area contributed by atoms with Crippen molar-refractivity contribution < 1.29 is 9.53 Å². The molecule has 138 valence electrons. The van der Waals surface area contributed by atoms with Crippen LogP contribution in [-0.2, 0) is 17.9 Å². The molecule has 0 saturated heterocycles. The van der Waals surface area contributed by atoms with Crippen LogP contribution in [0, 0.1) is 0 Å². The lowest BCUT2D eigenvalue weighted by Gasteiger charge is -2.33. The van der Waals surface area contributed by atoms with E-state index in [1.165, 1.54) is 6.33 Å². The van der Waals surface area contributed by atoms with Gasteiger partial charge in [0.05, 0.1) is 38.1 Å². The zero-order chi connectivity index (χ0) is 18.6. The third kappa shape index (κ3) is 3.57. The zero-order valence-corrected chi connectivity index (χ0v) is 14.8. The van der Waals surface area contributed by atoms with Crippen molar-refractivity contribution in [1.82, 2.24) is 30.0 Å². The monoisotopic (exact) mass is 365 g/mol. The Kier molecular flexibility index (Phi) is 4.65. The molecule has 9 heteroatoms. The highest BCUT2D eigenvalue weighted by molar-refractivity contribution is 5.81. The van der Waals surface area contributed by atoms with Crippen molar-refractivity contribution in [2.75, 3.05) is 18.6 Å². The van der Waals surface area contributed by atoms with Crippen LogP contribution in [0.1, 0.15) is 17.4 Å². The first-order valence-electron chi connectivity index (χ1n) is 8.55. The van der Waals surface area contributed by atoms with E-state index in [4.69, 9.17) is 4.74 Å². The lowest BCUT2D eigenvalue weighted by molar-refractivity contribution is -0.124. The van der Waals surface area contributed by atoms with E-state index < -0.39 is 6.04 Å². The van der Waals surface area contributed by atoms with Crippen molar-refractivity contribution in [3.63, 3.8) is 0 Å². The first kappa shape index (κ1) is 17.0. The second-order valence-corrected chi connectivity index (χ2v) is 6.12. The first-order valence-corrected chi connectivity index (χ1v) is 8.55. The molecule has 3 aromatic rings. The number of nitrogens with zero attached hydrogens (tertiary/aromatic N) is 6. The Balaban J connectivity index is 1.53. The number of carbonyl (C=O) groups is 1. The zero-order valence-electron chi connectivity index (χ0n) is 14.8. The smallest absolute Gasteiger partial charge is 0.247 e. The number of rotatable bonds is 5. The maximum atomic E-state index is 12.8. The van der Waals surface area contributed by atoms with Crippen LogP contribution >= 0.6 is 0 Å². The van der Waals surface area contributed by atoms with Crippen LogP contribution in [0.5, 0.6) is 5.88 Å². The predicted octanol–water partition coefficient (Wildman–Crippen LogP) is 0.954. The van der Waals surface area contributed by atoms with Gasteiger partial charge in [-0.1, -0.05) is 6.07 Å². The normalized spacial score (nSPS) is 15.9. The number of amides is 1. The van der Waals surface area contributed by atoms with Gasteiger partial charge in [0.2, 0.25) is 11.8 Å². The number of methoxy groups -OCH3 is 1. The third-order valence-corrected chi connectivity index (χ3v) is 4.43. The third-order valence-electron chi connectivity index (χ3n) is 4.43. The second kappa shape index (κ2) is 7.40. The van der Waals surface area contributed by atoms with Gasteiger partial charge in [-0.15, -0.1) is 0 Å². The number of ether oxygens (including phenoxy) is 1.